The molecule has 1 atom stereocenters. The summed E-state index contributed by atoms with van der Waals surface area (Å²) in [5.41, 5.74) is 8.44. The lowest BCUT2D eigenvalue weighted by Gasteiger charge is -2.39. The van der Waals surface area contributed by atoms with Gasteiger partial charge in [-0.1, -0.05) is 65.7 Å². The molecule has 3 aromatic carbocycles. The van der Waals surface area contributed by atoms with Gasteiger partial charge in [0.2, 0.25) is 0 Å². The highest BCUT2D eigenvalue weighted by atomic mass is 35.5. The normalized spacial score (nSPS) is 18.4. The van der Waals surface area contributed by atoms with Gasteiger partial charge in [0, 0.05) is 11.1 Å². The SMILES string of the molecule is CC1=C(c2ccc(C)cc2)[C@H](c2ccc(OCC[N+]3(CCl)CCCCC3)cc2)Oc2cc(C)ccc21.[Cl-]. The third-order valence-corrected chi connectivity index (χ3v) is 8.36. The summed E-state index contributed by atoms with van der Waals surface area (Å²) in [4.78, 5) is 0. The minimum Gasteiger partial charge on any atom is -1.00 e. The van der Waals surface area contributed by atoms with Crippen LogP contribution in [-0.2, 0) is 0 Å². The molecular formula is C32H37Cl2NO2. The summed E-state index contributed by atoms with van der Waals surface area (Å²) in [5, 5.41) is 0. The van der Waals surface area contributed by atoms with E-state index in [0.717, 1.165) is 28.1 Å². The molecule has 1 fully saturated rings. The molecule has 0 unspecified atom stereocenters. The fraction of sp³-hybridized carbons (Fsp3) is 0.375. The maximum absolute atomic E-state index is 6.68. The van der Waals surface area contributed by atoms with E-state index in [4.69, 9.17) is 21.1 Å². The van der Waals surface area contributed by atoms with Crippen molar-refractivity contribution in [3.63, 3.8) is 0 Å². The molecule has 0 amide bonds. The zero-order valence-electron chi connectivity index (χ0n) is 22.1. The molecule has 37 heavy (non-hydrogen) atoms. The zero-order chi connectivity index (χ0) is 25.1. The van der Waals surface area contributed by atoms with Crippen LogP contribution in [0.1, 0.15) is 60.1 Å². The van der Waals surface area contributed by atoms with Crippen molar-refractivity contribution >= 4 is 22.7 Å². The van der Waals surface area contributed by atoms with Crippen molar-refractivity contribution in [1.82, 2.24) is 0 Å². The Bertz CT molecular complexity index is 1230. The third kappa shape index (κ3) is 6.00. The molecule has 1 saturated heterocycles. The van der Waals surface area contributed by atoms with Crippen molar-refractivity contribution in [2.75, 3.05) is 32.2 Å². The number of likely N-dealkylation sites (tertiary alicyclic amines) is 1. The summed E-state index contributed by atoms with van der Waals surface area (Å²) < 4.78 is 13.8. The van der Waals surface area contributed by atoms with Gasteiger partial charge >= 0.3 is 0 Å². The molecule has 2 heterocycles. The molecule has 5 heteroatoms. The second-order valence-corrected chi connectivity index (χ2v) is 10.8. The van der Waals surface area contributed by atoms with Gasteiger partial charge < -0.3 is 26.4 Å². The van der Waals surface area contributed by atoms with Crippen molar-refractivity contribution in [2.45, 2.75) is 46.1 Å². The molecule has 0 N–H and O–H groups in total. The Labute approximate surface area is 233 Å². The van der Waals surface area contributed by atoms with Crippen LogP contribution in [0.25, 0.3) is 11.1 Å². The van der Waals surface area contributed by atoms with Gasteiger partial charge in [-0.3, -0.25) is 0 Å². The fourth-order valence-electron chi connectivity index (χ4n) is 5.58. The highest BCUT2D eigenvalue weighted by Crippen LogP contribution is 2.46. The second-order valence-electron chi connectivity index (χ2n) is 10.5. The van der Waals surface area contributed by atoms with Gasteiger partial charge in [0.15, 0.2) is 6.00 Å². The molecule has 0 spiro atoms. The number of nitrogens with zero attached hydrogens (tertiary/aromatic N) is 1. The summed E-state index contributed by atoms with van der Waals surface area (Å²) >= 11 is 6.35. The summed E-state index contributed by atoms with van der Waals surface area (Å²) in [5.74, 6) is 1.85. The van der Waals surface area contributed by atoms with Crippen LogP contribution in [0.15, 0.2) is 66.7 Å². The third-order valence-electron chi connectivity index (χ3n) is 7.85. The standard InChI is InChI=1S/C32H37ClNO2.ClH/c1-23-7-10-26(11-8-23)31-25(3)29-16-9-24(2)21-30(29)36-32(31)27-12-14-28(15-13-27)35-20-19-34(22-33)17-5-4-6-18-34;/h7-16,21,32H,4-6,17-20,22H2,1-3H3;1H/q+1;/p-1/t32-;/m0./s1. The number of rotatable bonds is 7. The number of quaternary nitrogens is 1. The number of halogens is 2. The van der Waals surface area contributed by atoms with Gasteiger partial charge in [-0.05, 0) is 80.5 Å². The first kappa shape index (κ1) is 27.6. The monoisotopic (exact) mass is 537 g/mol. The summed E-state index contributed by atoms with van der Waals surface area (Å²) in [6.07, 6.45) is 3.68. The van der Waals surface area contributed by atoms with Crippen LogP contribution >= 0.6 is 11.6 Å². The average molecular weight is 539 g/mol. The summed E-state index contributed by atoms with van der Waals surface area (Å²) in [7, 11) is 0. The molecule has 5 rings (SSSR count). The van der Waals surface area contributed by atoms with E-state index in [1.807, 2.05) is 0 Å². The molecule has 0 aromatic heterocycles. The van der Waals surface area contributed by atoms with Crippen LogP contribution < -0.4 is 21.9 Å². The number of ether oxygens (including phenoxy) is 2. The van der Waals surface area contributed by atoms with E-state index in [-0.39, 0.29) is 18.5 Å². The van der Waals surface area contributed by atoms with Crippen LogP contribution in [0.3, 0.4) is 0 Å². The largest absolute Gasteiger partial charge is 1.00 e. The number of alkyl halides is 1. The van der Waals surface area contributed by atoms with Gasteiger partial charge in [0.1, 0.15) is 30.8 Å². The van der Waals surface area contributed by atoms with Crippen molar-refractivity contribution < 1.29 is 26.4 Å². The molecular weight excluding hydrogens is 501 g/mol. The highest BCUT2D eigenvalue weighted by Gasteiger charge is 2.30. The van der Waals surface area contributed by atoms with E-state index in [2.05, 4.69) is 87.5 Å². The number of hydrogen-bond donors (Lipinski definition) is 0. The topological polar surface area (TPSA) is 18.5 Å². The van der Waals surface area contributed by atoms with Crippen molar-refractivity contribution in [3.05, 3.63) is 94.5 Å². The van der Waals surface area contributed by atoms with Crippen LogP contribution in [0.2, 0.25) is 0 Å². The Morgan fingerprint density at radius 2 is 1.54 bits per heavy atom. The molecule has 0 radical (unpaired) electrons. The fourth-order valence-corrected chi connectivity index (χ4v) is 5.94. The number of hydrogen-bond acceptors (Lipinski definition) is 2. The van der Waals surface area contributed by atoms with Crippen LogP contribution in [0.5, 0.6) is 11.5 Å². The lowest BCUT2D eigenvalue weighted by atomic mass is 9.85. The van der Waals surface area contributed by atoms with E-state index in [1.54, 1.807) is 0 Å². The average Bonchev–Trinajstić information content (AvgIpc) is 2.90. The molecule has 0 saturated carbocycles. The number of fused-ring (bicyclic) bond motifs is 1. The van der Waals surface area contributed by atoms with E-state index in [9.17, 15) is 0 Å². The van der Waals surface area contributed by atoms with Gasteiger partial charge in [0.05, 0.1) is 13.1 Å². The van der Waals surface area contributed by atoms with Crippen LogP contribution in [0, 0.1) is 13.8 Å². The molecule has 196 valence electrons. The minimum atomic E-state index is -0.172. The van der Waals surface area contributed by atoms with Crippen LogP contribution in [-0.4, -0.2) is 36.7 Å². The Morgan fingerprint density at radius 1 is 0.865 bits per heavy atom. The predicted octanol–water partition coefficient (Wildman–Crippen LogP) is 4.95. The molecule has 2 aliphatic rings. The van der Waals surface area contributed by atoms with E-state index < -0.39 is 0 Å². The Morgan fingerprint density at radius 3 is 2.22 bits per heavy atom. The first-order chi connectivity index (χ1) is 17.5. The molecule has 3 nitrogen and oxygen atoms in total. The van der Waals surface area contributed by atoms with E-state index in [0.29, 0.717) is 12.6 Å². The highest BCUT2D eigenvalue weighted by molar-refractivity contribution is 6.17. The van der Waals surface area contributed by atoms with Crippen molar-refractivity contribution in [3.8, 4) is 11.5 Å². The second kappa shape index (κ2) is 11.9. The van der Waals surface area contributed by atoms with Gasteiger partial charge in [-0.2, -0.15) is 0 Å². The lowest BCUT2D eigenvalue weighted by Crippen LogP contribution is -3.00. The molecule has 2 aliphatic heterocycles. The predicted molar refractivity (Wildman–Crippen MR) is 150 cm³/mol. The quantitative estimate of drug-likeness (QED) is 0.241. The molecule has 0 bridgehead atoms. The summed E-state index contributed by atoms with van der Waals surface area (Å²) in [6.45, 7) is 10.4. The van der Waals surface area contributed by atoms with E-state index >= 15 is 0 Å². The summed E-state index contributed by atoms with van der Waals surface area (Å²) in [6, 6.07) is 24.4. The zero-order valence-corrected chi connectivity index (χ0v) is 23.6. The Kier molecular flexibility index (Phi) is 8.90. The molecule has 0 aliphatic carbocycles. The van der Waals surface area contributed by atoms with E-state index in [1.165, 1.54) is 65.8 Å². The van der Waals surface area contributed by atoms with Crippen LogP contribution in [0.4, 0.5) is 0 Å². The maximum atomic E-state index is 6.68. The van der Waals surface area contributed by atoms with Gasteiger partial charge in [-0.15, -0.1) is 0 Å². The Hall–Kier alpha value is -2.46. The first-order valence-electron chi connectivity index (χ1n) is 13.2. The minimum absolute atomic E-state index is 0. The smallest absolute Gasteiger partial charge is 0.155 e. The lowest BCUT2D eigenvalue weighted by molar-refractivity contribution is -0.922. The van der Waals surface area contributed by atoms with Gasteiger partial charge in [-0.25, -0.2) is 0 Å². The van der Waals surface area contributed by atoms with Crippen molar-refractivity contribution in [2.24, 2.45) is 0 Å². The van der Waals surface area contributed by atoms with Gasteiger partial charge in [0.25, 0.3) is 0 Å². The molecule has 3 aromatic rings. The number of benzene rings is 3. The van der Waals surface area contributed by atoms with Crippen molar-refractivity contribution in [1.29, 1.82) is 0 Å². The maximum Gasteiger partial charge on any atom is 0.155 e. The first-order valence-corrected chi connectivity index (χ1v) is 13.7. The number of piperidine rings is 1. The number of aryl methyl sites for hydroxylation is 2. The number of allylic oxidation sites excluding steroid dienone is 1. The Balaban J connectivity index is 0.00000320.